The first-order valence-corrected chi connectivity index (χ1v) is 9.56. The predicted octanol–water partition coefficient (Wildman–Crippen LogP) is 4.11. The molecule has 2 N–H and O–H groups in total. The van der Waals surface area contributed by atoms with E-state index in [0.717, 1.165) is 5.56 Å². The average Bonchev–Trinajstić information content (AvgIpc) is 2.79. The van der Waals surface area contributed by atoms with Crippen molar-refractivity contribution in [2.75, 3.05) is 7.11 Å². The summed E-state index contributed by atoms with van der Waals surface area (Å²) in [7, 11) is 1.54. The average molecular weight is 425 g/mol. The van der Waals surface area contributed by atoms with Crippen molar-refractivity contribution in [3.63, 3.8) is 0 Å². The van der Waals surface area contributed by atoms with E-state index in [-0.39, 0.29) is 0 Å². The van der Waals surface area contributed by atoms with Gasteiger partial charge in [0, 0.05) is 10.6 Å². The highest BCUT2D eigenvalue weighted by molar-refractivity contribution is 6.31. The number of aliphatic hydroxyl groups excluding tert-OH is 1. The van der Waals surface area contributed by atoms with Gasteiger partial charge >= 0.3 is 0 Å². The highest BCUT2D eigenvalue weighted by Crippen LogP contribution is 2.29. The van der Waals surface area contributed by atoms with Crippen LogP contribution in [0.15, 0.2) is 77.9 Å². The number of carbonyl (C=O) groups excluding carboxylic acids is 1. The van der Waals surface area contributed by atoms with E-state index in [1.165, 1.54) is 13.3 Å². The van der Waals surface area contributed by atoms with Crippen molar-refractivity contribution in [1.29, 1.82) is 0 Å². The van der Waals surface area contributed by atoms with Crippen LogP contribution in [0.25, 0.3) is 0 Å². The molecule has 30 heavy (non-hydrogen) atoms. The fraction of sp³-hybridized carbons (Fsp3) is 0.130. The first-order valence-electron chi connectivity index (χ1n) is 9.18. The smallest absolute Gasteiger partial charge is 0.273 e. The van der Waals surface area contributed by atoms with Crippen LogP contribution in [-0.4, -0.2) is 24.3 Å². The van der Waals surface area contributed by atoms with Gasteiger partial charge in [0.1, 0.15) is 6.61 Å². The number of carbonyl (C=O) groups is 1. The molecule has 0 radical (unpaired) electrons. The third kappa shape index (κ3) is 5.59. The number of benzene rings is 3. The minimum atomic E-state index is -1.29. The fourth-order valence-electron chi connectivity index (χ4n) is 2.67. The molecule has 0 aliphatic carbocycles. The van der Waals surface area contributed by atoms with Gasteiger partial charge in [-0.3, -0.25) is 4.79 Å². The molecule has 0 saturated heterocycles. The Morgan fingerprint density at radius 2 is 1.83 bits per heavy atom. The number of rotatable bonds is 8. The molecule has 6 nitrogen and oxygen atoms in total. The summed E-state index contributed by atoms with van der Waals surface area (Å²) in [6.07, 6.45) is 0.161. The molecule has 0 unspecified atom stereocenters. The number of nitrogens with one attached hydrogen (secondary N) is 1. The van der Waals surface area contributed by atoms with Crippen molar-refractivity contribution in [2.24, 2.45) is 5.10 Å². The Morgan fingerprint density at radius 3 is 2.57 bits per heavy atom. The van der Waals surface area contributed by atoms with Gasteiger partial charge < -0.3 is 14.6 Å². The number of aliphatic hydroxyl groups is 1. The minimum absolute atomic E-state index is 0.302. The first kappa shape index (κ1) is 21.4. The van der Waals surface area contributed by atoms with Crippen molar-refractivity contribution < 1.29 is 19.4 Å². The standard InChI is InChI=1S/C23H21ClN2O4/c1-29-21-13-16(11-12-20(21)30-15-18-9-5-6-10-19(18)24)14-25-26-23(28)22(27)17-7-3-2-4-8-17/h2-14,22,27H,15H2,1H3,(H,26,28)/b25-14-/t22-/m0/s1. The molecule has 154 valence electrons. The van der Waals surface area contributed by atoms with Gasteiger partial charge in [0.25, 0.3) is 5.91 Å². The molecule has 0 aromatic heterocycles. The van der Waals surface area contributed by atoms with Crippen LogP contribution in [-0.2, 0) is 11.4 Å². The number of hydrazone groups is 1. The van der Waals surface area contributed by atoms with Crippen LogP contribution in [0.3, 0.4) is 0 Å². The van der Waals surface area contributed by atoms with Crippen LogP contribution in [0.2, 0.25) is 5.02 Å². The zero-order chi connectivity index (χ0) is 21.3. The van der Waals surface area contributed by atoms with E-state index in [1.807, 2.05) is 24.3 Å². The molecule has 1 amide bonds. The highest BCUT2D eigenvalue weighted by atomic mass is 35.5. The van der Waals surface area contributed by atoms with Crippen molar-refractivity contribution in [3.8, 4) is 11.5 Å². The summed E-state index contributed by atoms with van der Waals surface area (Å²) < 4.78 is 11.2. The van der Waals surface area contributed by atoms with Crippen LogP contribution in [0.5, 0.6) is 11.5 Å². The lowest BCUT2D eigenvalue weighted by atomic mass is 10.1. The Kier molecular flexibility index (Phi) is 7.43. The topological polar surface area (TPSA) is 80.2 Å². The molecule has 1 atom stereocenters. The Hall–Kier alpha value is -3.35. The maximum atomic E-state index is 12.0. The summed E-state index contributed by atoms with van der Waals surface area (Å²) in [6, 6.07) is 21.3. The van der Waals surface area contributed by atoms with E-state index in [1.54, 1.807) is 48.5 Å². The first-order chi connectivity index (χ1) is 14.6. The zero-order valence-corrected chi connectivity index (χ0v) is 17.0. The molecule has 7 heteroatoms. The lowest BCUT2D eigenvalue weighted by molar-refractivity contribution is -0.129. The van der Waals surface area contributed by atoms with Crippen molar-refractivity contribution in [1.82, 2.24) is 5.43 Å². The third-order valence-corrected chi connectivity index (χ3v) is 4.65. The predicted molar refractivity (Wildman–Crippen MR) is 116 cm³/mol. The van der Waals surface area contributed by atoms with Gasteiger partial charge in [-0.05, 0) is 35.4 Å². The van der Waals surface area contributed by atoms with Crippen molar-refractivity contribution >= 4 is 23.7 Å². The second-order valence-electron chi connectivity index (χ2n) is 6.34. The van der Waals surface area contributed by atoms with Crippen LogP contribution in [0.1, 0.15) is 22.8 Å². The molecule has 0 fully saturated rings. The van der Waals surface area contributed by atoms with Crippen molar-refractivity contribution in [2.45, 2.75) is 12.7 Å². The largest absolute Gasteiger partial charge is 0.493 e. The maximum absolute atomic E-state index is 12.0. The number of amides is 1. The normalized spacial score (nSPS) is 11.8. The van der Waals surface area contributed by atoms with Gasteiger partial charge in [0.15, 0.2) is 17.6 Å². The zero-order valence-electron chi connectivity index (χ0n) is 16.3. The third-order valence-electron chi connectivity index (χ3n) is 4.28. The van der Waals surface area contributed by atoms with E-state index in [2.05, 4.69) is 10.5 Å². The van der Waals surface area contributed by atoms with Gasteiger partial charge in [0.2, 0.25) is 0 Å². The number of hydrogen-bond donors (Lipinski definition) is 2. The fourth-order valence-corrected chi connectivity index (χ4v) is 2.86. The summed E-state index contributed by atoms with van der Waals surface area (Å²) in [5, 5.41) is 14.6. The van der Waals surface area contributed by atoms with E-state index in [9.17, 15) is 9.90 Å². The monoisotopic (exact) mass is 424 g/mol. The molecule has 3 aromatic rings. The molecule has 0 aliphatic heterocycles. The number of methoxy groups -OCH3 is 1. The van der Waals surface area contributed by atoms with Gasteiger partial charge in [-0.25, -0.2) is 5.43 Å². The molecule has 3 rings (SSSR count). The molecule has 0 heterocycles. The number of hydrogen-bond acceptors (Lipinski definition) is 5. The van der Waals surface area contributed by atoms with Crippen LogP contribution in [0, 0.1) is 0 Å². The van der Waals surface area contributed by atoms with Gasteiger partial charge in [-0.1, -0.05) is 60.1 Å². The molecule has 0 bridgehead atoms. The summed E-state index contributed by atoms with van der Waals surface area (Å²) in [5.74, 6) is 0.448. The SMILES string of the molecule is COc1cc(/C=N\NC(=O)[C@@H](O)c2ccccc2)ccc1OCc1ccccc1Cl. The van der Waals surface area contributed by atoms with Crippen LogP contribution in [0.4, 0.5) is 0 Å². The molecular weight excluding hydrogens is 404 g/mol. The van der Waals surface area contributed by atoms with E-state index in [0.29, 0.717) is 34.3 Å². The van der Waals surface area contributed by atoms with E-state index < -0.39 is 12.0 Å². The number of ether oxygens (including phenoxy) is 2. The molecule has 0 spiro atoms. The summed E-state index contributed by atoms with van der Waals surface area (Å²) in [4.78, 5) is 12.0. The van der Waals surface area contributed by atoms with E-state index in [4.69, 9.17) is 21.1 Å². The molecular formula is C23H21ClN2O4. The molecule has 0 saturated carbocycles. The van der Waals surface area contributed by atoms with Gasteiger partial charge in [-0.2, -0.15) is 5.10 Å². The summed E-state index contributed by atoms with van der Waals surface area (Å²) >= 11 is 6.15. The second kappa shape index (κ2) is 10.4. The molecule has 3 aromatic carbocycles. The summed E-state index contributed by atoms with van der Waals surface area (Å²) in [5.41, 5.74) is 4.37. The molecule has 0 aliphatic rings. The maximum Gasteiger partial charge on any atom is 0.273 e. The second-order valence-corrected chi connectivity index (χ2v) is 6.75. The Balaban J connectivity index is 1.61. The lowest BCUT2D eigenvalue weighted by Crippen LogP contribution is -2.25. The van der Waals surface area contributed by atoms with E-state index >= 15 is 0 Å². The minimum Gasteiger partial charge on any atom is -0.493 e. The van der Waals surface area contributed by atoms with Gasteiger partial charge in [0.05, 0.1) is 13.3 Å². The number of nitrogens with zero attached hydrogens (tertiary/aromatic N) is 1. The lowest BCUT2D eigenvalue weighted by Gasteiger charge is -2.12. The van der Waals surface area contributed by atoms with Crippen LogP contribution >= 0.6 is 11.6 Å². The Bertz CT molecular complexity index is 1020. The summed E-state index contributed by atoms with van der Waals surface area (Å²) in [6.45, 7) is 0.302. The number of halogens is 1. The highest BCUT2D eigenvalue weighted by Gasteiger charge is 2.16. The van der Waals surface area contributed by atoms with Crippen LogP contribution < -0.4 is 14.9 Å². The Labute approximate surface area is 179 Å². The van der Waals surface area contributed by atoms with Gasteiger partial charge in [-0.15, -0.1) is 0 Å². The quantitative estimate of drug-likeness (QED) is 0.421. The van der Waals surface area contributed by atoms with Crippen molar-refractivity contribution in [3.05, 3.63) is 94.5 Å². The Morgan fingerprint density at radius 1 is 1.10 bits per heavy atom.